The van der Waals surface area contributed by atoms with Crippen LogP contribution in [0.5, 0.6) is 5.75 Å². The number of likely N-dealkylation sites (N-methyl/N-ethyl adjacent to an activating group) is 1. The minimum absolute atomic E-state index is 0.607. The van der Waals surface area contributed by atoms with Gasteiger partial charge in [-0.05, 0) is 30.7 Å². The van der Waals surface area contributed by atoms with Crippen molar-refractivity contribution in [2.24, 2.45) is 0 Å². The van der Waals surface area contributed by atoms with E-state index in [1.54, 1.807) is 6.20 Å². The lowest BCUT2D eigenvalue weighted by molar-refractivity contribution is 0.323. The highest BCUT2D eigenvalue weighted by Crippen LogP contribution is 2.17. The van der Waals surface area contributed by atoms with Gasteiger partial charge in [0.2, 0.25) is 0 Å². The molecule has 0 aliphatic carbocycles. The quantitative estimate of drug-likeness (QED) is 0.722. The first-order valence-corrected chi connectivity index (χ1v) is 7.35. The van der Waals surface area contributed by atoms with Gasteiger partial charge in [0, 0.05) is 7.05 Å². The van der Waals surface area contributed by atoms with Crippen molar-refractivity contribution in [3.63, 3.8) is 0 Å². The second-order valence-electron chi connectivity index (χ2n) is 5.25. The van der Waals surface area contributed by atoms with Crippen LogP contribution in [0.1, 0.15) is 5.56 Å². The van der Waals surface area contributed by atoms with E-state index < -0.39 is 0 Å². The summed E-state index contributed by atoms with van der Waals surface area (Å²) in [6.07, 6.45) is 1.80. The molecule has 0 unspecified atom stereocenters. The molecule has 0 bridgehead atoms. The molecule has 0 aliphatic heterocycles. The van der Waals surface area contributed by atoms with E-state index >= 15 is 0 Å². The largest absolute Gasteiger partial charge is 0.491 e. The SMILES string of the molecule is Cc1ccccc1OCCN(C)c1cnc2ccccc2n1. The Bertz CT molecular complexity index is 773. The number of para-hydroxylation sites is 3. The highest BCUT2D eigenvalue weighted by atomic mass is 16.5. The van der Waals surface area contributed by atoms with Crippen molar-refractivity contribution in [1.82, 2.24) is 9.97 Å². The van der Waals surface area contributed by atoms with Crippen molar-refractivity contribution in [1.29, 1.82) is 0 Å². The van der Waals surface area contributed by atoms with E-state index in [0.29, 0.717) is 6.61 Å². The van der Waals surface area contributed by atoms with Crippen LogP contribution in [-0.2, 0) is 0 Å². The van der Waals surface area contributed by atoms with Crippen molar-refractivity contribution in [2.75, 3.05) is 25.1 Å². The lowest BCUT2D eigenvalue weighted by atomic mass is 10.2. The van der Waals surface area contributed by atoms with Crippen LogP contribution < -0.4 is 9.64 Å². The monoisotopic (exact) mass is 293 g/mol. The van der Waals surface area contributed by atoms with Crippen LogP contribution in [0.3, 0.4) is 0 Å². The van der Waals surface area contributed by atoms with E-state index in [-0.39, 0.29) is 0 Å². The highest BCUT2D eigenvalue weighted by Gasteiger charge is 2.05. The number of nitrogens with zero attached hydrogens (tertiary/aromatic N) is 3. The van der Waals surface area contributed by atoms with Crippen molar-refractivity contribution in [3.05, 3.63) is 60.3 Å². The number of hydrogen-bond acceptors (Lipinski definition) is 4. The zero-order chi connectivity index (χ0) is 15.4. The fourth-order valence-electron chi connectivity index (χ4n) is 2.26. The van der Waals surface area contributed by atoms with E-state index in [2.05, 4.69) is 14.9 Å². The van der Waals surface area contributed by atoms with Gasteiger partial charge in [-0.3, -0.25) is 4.98 Å². The minimum Gasteiger partial charge on any atom is -0.491 e. The second kappa shape index (κ2) is 6.43. The number of benzene rings is 2. The van der Waals surface area contributed by atoms with Gasteiger partial charge in [0.05, 0.1) is 23.8 Å². The highest BCUT2D eigenvalue weighted by molar-refractivity contribution is 5.75. The number of aryl methyl sites for hydroxylation is 1. The summed E-state index contributed by atoms with van der Waals surface area (Å²) >= 11 is 0. The number of rotatable bonds is 5. The fraction of sp³-hybridized carbons (Fsp3) is 0.222. The Morgan fingerprint density at radius 3 is 2.55 bits per heavy atom. The maximum absolute atomic E-state index is 5.83. The first-order chi connectivity index (χ1) is 10.7. The fourth-order valence-corrected chi connectivity index (χ4v) is 2.26. The molecule has 0 saturated carbocycles. The average molecular weight is 293 g/mol. The van der Waals surface area contributed by atoms with Gasteiger partial charge < -0.3 is 9.64 Å². The van der Waals surface area contributed by atoms with Crippen LogP contribution in [0, 0.1) is 6.92 Å². The number of hydrogen-bond donors (Lipinski definition) is 0. The summed E-state index contributed by atoms with van der Waals surface area (Å²) < 4.78 is 5.83. The standard InChI is InChI=1S/C18H19N3O/c1-14-7-3-6-10-17(14)22-12-11-21(2)18-13-19-15-8-4-5-9-16(15)20-18/h3-10,13H,11-12H2,1-2H3. The van der Waals surface area contributed by atoms with Gasteiger partial charge in [-0.1, -0.05) is 30.3 Å². The number of anilines is 1. The molecule has 3 aromatic rings. The van der Waals surface area contributed by atoms with E-state index in [1.165, 1.54) is 0 Å². The molecule has 0 aliphatic rings. The molecule has 4 nitrogen and oxygen atoms in total. The summed E-state index contributed by atoms with van der Waals surface area (Å²) in [7, 11) is 2.00. The summed E-state index contributed by atoms with van der Waals surface area (Å²) in [5.74, 6) is 1.78. The number of ether oxygens (including phenoxy) is 1. The normalized spacial score (nSPS) is 10.6. The van der Waals surface area contributed by atoms with E-state index in [9.17, 15) is 0 Å². The zero-order valence-corrected chi connectivity index (χ0v) is 12.9. The molecule has 0 atom stereocenters. The first kappa shape index (κ1) is 14.3. The molecule has 112 valence electrons. The third kappa shape index (κ3) is 3.17. The predicted octanol–water partition coefficient (Wildman–Crippen LogP) is 3.45. The predicted molar refractivity (Wildman–Crippen MR) is 89.5 cm³/mol. The molecular weight excluding hydrogens is 274 g/mol. The van der Waals surface area contributed by atoms with E-state index in [0.717, 1.165) is 34.7 Å². The maximum atomic E-state index is 5.83. The molecule has 4 heteroatoms. The minimum atomic E-state index is 0.607. The lowest BCUT2D eigenvalue weighted by Crippen LogP contribution is -2.24. The van der Waals surface area contributed by atoms with Gasteiger partial charge in [0.1, 0.15) is 18.2 Å². The van der Waals surface area contributed by atoms with Gasteiger partial charge in [-0.2, -0.15) is 0 Å². The van der Waals surface area contributed by atoms with E-state index in [4.69, 9.17) is 4.74 Å². The smallest absolute Gasteiger partial charge is 0.147 e. The summed E-state index contributed by atoms with van der Waals surface area (Å²) in [5, 5.41) is 0. The molecule has 1 heterocycles. The van der Waals surface area contributed by atoms with Gasteiger partial charge in [0.15, 0.2) is 0 Å². The average Bonchev–Trinajstić information content (AvgIpc) is 2.56. The topological polar surface area (TPSA) is 38.2 Å². The van der Waals surface area contributed by atoms with Crippen LogP contribution in [0.25, 0.3) is 11.0 Å². The van der Waals surface area contributed by atoms with E-state index in [1.807, 2.05) is 62.5 Å². The van der Waals surface area contributed by atoms with Crippen LogP contribution in [0.4, 0.5) is 5.82 Å². The molecule has 2 aromatic carbocycles. The Labute approximate surface area is 130 Å². The Kier molecular flexibility index (Phi) is 4.19. The van der Waals surface area contributed by atoms with Crippen LogP contribution in [-0.4, -0.2) is 30.2 Å². The van der Waals surface area contributed by atoms with Crippen LogP contribution in [0.15, 0.2) is 54.7 Å². The summed E-state index contributed by atoms with van der Waals surface area (Å²) in [6, 6.07) is 15.9. The zero-order valence-electron chi connectivity index (χ0n) is 12.9. The molecule has 0 spiro atoms. The Hall–Kier alpha value is -2.62. The van der Waals surface area contributed by atoms with Crippen molar-refractivity contribution in [3.8, 4) is 5.75 Å². The first-order valence-electron chi connectivity index (χ1n) is 7.35. The summed E-state index contributed by atoms with van der Waals surface area (Å²) in [5.41, 5.74) is 2.97. The summed E-state index contributed by atoms with van der Waals surface area (Å²) in [6.45, 7) is 3.41. The molecule has 0 radical (unpaired) electrons. The van der Waals surface area contributed by atoms with Gasteiger partial charge in [-0.25, -0.2) is 4.98 Å². The Balaban J connectivity index is 1.63. The molecule has 0 N–H and O–H groups in total. The van der Waals surface area contributed by atoms with Crippen molar-refractivity contribution < 1.29 is 4.74 Å². The lowest BCUT2D eigenvalue weighted by Gasteiger charge is -2.18. The van der Waals surface area contributed by atoms with Gasteiger partial charge in [0.25, 0.3) is 0 Å². The Morgan fingerprint density at radius 2 is 1.73 bits per heavy atom. The van der Waals surface area contributed by atoms with Gasteiger partial charge in [-0.15, -0.1) is 0 Å². The van der Waals surface area contributed by atoms with Crippen molar-refractivity contribution >= 4 is 16.9 Å². The molecule has 22 heavy (non-hydrogen) atoms. The van der Waals surface area contributed by atoms with Crippen molar-refractivity contribution in [2.45, 2.75) is 6.92 Å². The number of aromatic nitrogens is 2. The summed E-state index contributed by atoms with van der Waals surface area (Å²) in [4.78, 5) is 11.1. The maximum Gasteiger partial charge on any atom is 0.147 e. The molecule has 1 aromatic heterocycles. The molecule has 0 amide bonds. The van der Waals surface area contributed by atoms with Gasteiger partial charge >= 0.3 is 0 Å². The molecule has 3 rings (SSSR count). The third-order valence-electron chi connectivity index (χ3n) is 3.60. The molecule has 0 saturated heterocycles. The Morgan fingerprint density at radius 1 is 1.00 bits per heavy atom. The number of fused-ring (bicyclic) bond motifs is 1. The molecule has 0 fully saturated rings. The third-order valence-corrected chi connectivity index (χ3v) is 3.60. The molecular formula is C18H19N3O. The van der Waals surface area contributed by atoms with Crippen LogP contribution in [0.2, 0.25) is 0 Å². The second-order valence-corrected chi connectivity index (χ2v) is 5.25. The van der Waals surface area contributed by atoms with Crippen LogP contribution >= 0.6 is 0 Å².